The van der Waals surface area contributed by atoms with E-state index >= 15 is 0 Å². The molecule has 6 nitrogen and oxygen atoms in total. The summed E-state index contributed by atoms with van der Waals surface area (Å²) in [4.78, 5) is 4.57. The van der Waals surface area contributed by atoms with Crippen LogP contribution in [-0.2, 0) is 0 Å². The van der Waals surface area contributed by atoms with Gasteiger partial charge in [-0.25, -0.2) is 9.67 Å². The second-order valence-electron chi connectivity index (χ2n) is 4.88. The van der Waals surface area contributed by atoms with Crippen molar-refractivity contribution in [2.45, 2.75) is 29.1 Å². The first kappa shape index (κ1) is 12.3. The Morgan fingerprint density at radius 2 is 2.14 bits per heavy atom. The molecule has 0 saturated heterocycles. The van der Waals surface area contributed by atoms with Crippen LogP contribution in [0.2, 0.25) is 0 Å². The van der Waals surface area contributed by atoms with Gasteiger partial charge in [0.15, 0.2) is 0 Å². The van der Waals surface area contributed by atoms with Gasteiger partial charge in [0, 0.05) is 5.39 Å². The Kier molecular flexibility index (Phi) is 2.82. The molecule has 2 aromatic heterocycles. The highest BCUT2D eigenvalue weighted by atomic mass is 32.2. The Morgan fingerprint density at radius 1 is 1.29 bits per heavy atom. The third-order valence-electron chi connectivity index (χ3n) is 3.35. The number of pyridine rings is 1. The molecule has 2 heterocycles. The van der Waals surface area contributed by atoms with Crippen molar-refractivity contribution in [2.75, 3.05) is 0 Å². The van der Waals surface area contributed by atoms with Gasteiger partial charge in [-0.05, 0) is 47.2 Å². The maximum Gasteiger partial charge on any atom is 0.215 e. The smallest absolute Gasteiger partial charge is 0.215 e. The predicted molar refractivity (Wildman–Crippen MR) is 76.7 cm³/mol. The van der Waals surface area contributed by atoms with Crippen molar-refractivity contribution in [3.05, 3.63) is 35.9 Å². The summed E-state index contributed by atoms with van der Waals surface area (Å²) in [6.07, 6.45) is 2.21. The van der Waals surface area contributed by atoms with E-state index in [1.807, 2.05) is 35.0 Å². The summed E-state index contributed by atoms with van der Waals surface area (Å²) in [6, 6.07) is 12.2. The monoisotopic (exact) mass is 294 g/mol. The molecule has 0 N–H and O–H groups in total. The number of rotatable bonds is 3. The molecule has 0 unspecified atom stereocenters. The lowest BCUT2D eigenvalue weighted by Gasteiger charge is -2.05. The minimum absolute atomic E-state index is 0.397. The molecule has 0 aliphatic heterocycles. The molecular weight excluding hydrogens is 284 g/mol. The van der Waals surface area contributed by atoms with Gasteiger partial charge in [-0.1, -0.05) is 18.2 Å². The molecule has 102 valence electrons. The topological polar surface area (TPSA) is 80.3 Å². The van der Waals surface area contributed by atoms with E-state index in [1.165, 1.54) is 11.8 Å². The van der Waals surface area contributed by atoms with E-state index < -0.39 is 0 Å². The van der Waals surface area contributed by atoms with Crippen molar-refractivity contribution >= 4 is 22.7 Å². The number of hydrogen-bond acceptors (Lipinski definition) is 6. The lowest BCUT2D eigenvalue weighted by Crippen LogP contribution is -1.99. The fourth-order valence-electron chi connectivity index (χ4n) is 2.14. The summed E-state index contributed by atoms with van der Waals surface area (Å²) in [6.45, 7) is 0. The van der Waals surface area contributed by atoms with Crippen LogP contribution < -0.4 is 0 Å². The van der Waals surface area contributed by atoms with Crippen molar-refractivity contribution in [1.29, 1.82) is 5.26 Å². The largest absolute Gasteiger partial charge is 0.240 e. The van der Waals surface area contributed by atoms with E-state index in [1.54, 1.807) is 0 Å². The maximum absolute atomic E-state index is 9.34. The molecule has 4 rings (SSSR count). The number of tetrazole rings is 1. The van der Waals surface area contributed by atoms with Crippen LogP contribution in [0.3, 0.4) is 0 Å². The first-order valence-electron chi connectivity index (χ1n) is 6.61. The van der Waals surface area contributed by atoms with Crippen molar-refractivity contribution < 1.29 is 0 Å². The van der Waals surface area contributed by atoms with Gasteiger partial charge >= 0.3 is 0 Å². The van der Waals surface area contributed by atoms with Crippen LogP contribution in [0.1, 0.15) is 24.4 Å². The molecule has 1 aromatic carbocycles. The van der Waals surface area contributed by atoms with E-state index in [4.69, 9.17) is 0 Å². The van der Waals surface area contributed by atoms with Gasteiger partial charge in [0.1, 0.15) is 11.1 Å². The number of benzene rings is 1. The normalized spacial score (nSPS) is 14.2. The number of para-hydroxylation sites is 1. The summed E-state index contributed by atoms with van der Waals surface area (Å²) in [7, 11) is 0. The zero-order chi connectivity index (χ0) is 14.2. The molecule has 3 aromatic rings. The molecule has 7 heteroatoms. The van der Waals surface area contributed by atoms with Gasteiger partial charge in [-0.2, -0.15) is 5.26 Å². The second kappa shape index (κ2) is 4.82. The average molecular weight is 294 g/mol. The second-order valence-corrected chi connectivity index (χ2v) is 5.84. The van der Waals surface area contributed by atoms with Gasteiger partial charge in [0.2, 0.25) is 5.16 Å². The molecular formula is C14H10N6S. The predicted octanol–water partition coefficient (Wildman–Crippen LogP) is 2.58. The summed E-state index contributed by atoms with van der Waals surface area (Å²) in [5.41, 5.74) is 1.41. The molecule has 1 saturated carbocycles. The Balaban J connectivity index is 1.78. The third-order valence-corrected chi connectivity index (χ3v) is 4.31. The molecule has 0 atom stereocenters. The van der Waals surface area contributed by atoms with E-state index in [9.17, 15) is 5.26 Å². The number of nitrogens with zero attached hydrogens (tertiary/aromatic N) is 6. The van der Waals surface area contributed by atoms with Crippen LogP contribution in [0.5, 0.6) is 0 Å². The van der Waals surface area contributed by atoms with Crippen LogP contribution in [0.25, 0.3) is 10.9 Å². The quantitative estimate of drug-likeness (QED) is 0.738. The van der Waals surface area contributed by atoms with Crippen LogP contribution in [0.15, 0.2) is 40.5 Å². The molecule has 0 spiro atoms. The van der Waals surface area contributed by atoms with Gasteiger partial charge in [0.05, 0.1) is 17.1 Å². The number of nitriles is 1. The zero-order valence-corrected chi connectivity index (χ0v) is 11.8. The summed E-state index contributed by atoms with van der Waals surface area (Å²) in [5, 5.41) is 23.4. The Bertz CT molecular complexity index is 861. The molecule has 0 bridgehead atoms. The number of fused-ring (bicyclic) bond motifs is 1. The third kappa shape index (κ3) is 2.23. The van der Waals surface area contributed by atoms with Crippen molar-refractivity contribution in [2.24, 2.45) is 0 Å². The standard InChI is InChI=1S/C14H10N6S/c15-8-10-7-9-3-1-2-4-12(9)16-13(10)21-14-17-18-19-20(14)11-5-6-11/h1-4,7,11H,5-6H2. The van der Waals surface area contributed by atoms with Crippen molar-refractivity contribution in [3.63, 3.8) is 0 Å². The van der Waals surface area contributed by atoms with E-state index in [0.717, 1.165) is 23.7 Å². The Labute approximate surface area is 124 Å². The summed E-state index contributed by atoms with van der Waals surface area (Å²) >= 11 is 1.35. The fraction of sp³-hybridized carbons (Fsp3) is 0.214. The highest BCUT2D eigenvalue weighted by Crippen LogP contribution is 2.38. The minimum Gasteiger partial charge on any atom is -0.240 e. The van der Waals surface area contributed by atoms with Crippen LogP contribution in [0.4, 0.5) is 0 Å². The van der Waals surface area contributed by atoms with Crippen molar-refractivity contribution in [3.8, 4) is 6.07 Å². The lowest BCUT2D eigenvalue weighted by molar-refractivity contribution is 0.565. The zero-order valence-electron chi connectivity index (χ0n) is 11.0. The highest BCUT2D eigenvalue weighted by Gasteiger charge is 2.28. The number of hydrogen-bond donors (Lipinski definition) is 0. The molecule has 1 aliphatic rings. The highest BCUT2D eigenvalue weighted by molar-refractivity contribution is 7.99. The first-order chi connectivity index (χ1) is 10.3. The van der Waals surface area contributed by atoms with E-state index in [0.29, 0.717) is 21.8 Å². The average Bonchev–Trinajstić information content (AvgIpc) is 3.26. The minimum atomic E-state index is 0.397. The van der Waals surface area contributed by atoms with Gasteiger partial charge in [-0.3, -0.25) is 0 Å². The lowest BCUT2D eigenvalue weighted by atomic mass is 10.2. The van der Waals surface area contributed by atoms with Crippen LogP contribution in [-0.4, -0.2) is 25.2 Å². The van der Waals surface area contributed by atoms with Gasteiger partial charge in [-0.15, -0.1) is 5.10 Å². The van der Waals surface area contributed by atoms with Crippen LogP contribution in [0, 0.1) is 11.3 Å². The van der Waals surface area contributed by atoms with E-state index in [2.05, 4.69) is 26.6 Å². The SMILES string of the molecule is N#Cc1cc2ccccc2nc1Sc1nnnn1C1CC1. The molecule has 0 amide bonds. The van der Waals surface area contributed by atoms with Gasteiger partial charge in [0.25, 0.3) is 0 Å². The van der Waals surface area contributed by atoms with Gasteiger partial charge < -0.3 is 0 Å². The Morgan fingerprint density at radius 3 is 2.95 bits per heavy atom. The number of aromatic nitrogens is 5. The fourth-order valence-corrected chi connectivity index (χ4v) is 3.03. The Hall–Kier alpha value is -2.46. The molecule has 1 fully saturated rings. The van der Waals surface area contributed by atoms with Crippen LogP contribution >= 0.6 is 11.8 Å². The van der Waals surface area contributed by atoms with Crippen molar-refractivity contribution in [1.82, 2.24) is 25.2 Å². The molecule has 0 radical (unpaired) electrons. The summed E-state index contributed by atoms with van der Waals surface area (Å²) in [5.74, 6) is 0. The molecule has 21 heavy (non-hydrogen) atoms. The maximum atomic E-state index is 9.34. The molecule has 1 aliphatic carbocycles. The van der Waals surface area contributed by atoms with E-state index in [-0.39, 0.29) is 0 Å². The first-order valence-corrected chi connectivity index (χ1v) is 7.42. The summed E-state index contributed by atoms with van der Waals surface area (Å²) < 4.78 is 1.82.